The Kier molecular flexibility index (Phi) is 2.88. The van der Waals surface area contributed by atoms with Crippen LogP contribution in [0.4, 0.5) is 5.82 Å². The Bertz CT molecular complexity index is 603. The SMILES string of the molecule is c1cc(CNC2CC2)cc(N2CCn3cnnc3C2)n1. The molecule has 2 aromatic rings. The third-order valence-corrected chi connectivity index (χ3v) is 3.94. The van der Waals surface area contributed by atoms with Crippen molar-refractivity contribution >= 4 is 5.82 Å². The van der Waals surface area contributed by atoms with E-state index < -0.39 is 0 Å². The summed E-state index contributed by atoms with van der Waals surface area (Å²) in [5.74, 6) is 2.05. The zero-order chi connectivity index (χ0) is 13.4. The van der Waals surface area contributed by atoms with Crippen LogP contribution in [-0.2, 0) is 19.6 Å². The number of aromatic nitrogens is 4. The molecule has 104 valence electrons. The van der Waals surface area contributed by atoms with Gasteiger partial charge in [-0.3, -0.25) is 0 Å². The third kappa shape index (κ3) is 2.38. The predicted octanol–water partition coefficient (Wildman–Crippen LogP) is 0.945. The van der Waals surface area contributed by atoms with Crippen LogP contribution in [0.1, 0.15) is 24.2 Å². The Hall–Kier alpha value is -1.95. The van der Waals surface area contributed by atoms with Crippen molar-refractivity contribution in [2.24, 2.45) is 0 Å². The molecule has 1 aliphatic carbocycles. The van der Waals surface area contributed by atoms with E-state index in [1.165, 1.54) is 18.4 Å². The Morgan fingerprint density at radius 2 is 2.25 bits per heavy atom. The van der Waals surface area contributed by atoms with Gasteiger partial charge in [0.15, 0.2) is 5.82 Å². The highest BCUT2D eigenvalue weighted by atomic mass is 15.3. The van der Waals surface area contributed by atoms with Gasteiger partial charge in [0.2, 0.25) is 0 Å². The smallest absolute Gasteiger partial charge is 0.152 e. The standard InChI is InChI=1S/C14H18N6/c1-2-12(1)16-8-11-3-4-15-13(7-11)19-5-6-20-10-17-18-14(20)9-19/h3-4,7,10,12,16H,1-2,5-6,8-9H2. The lowest BCUT2D eigenvalue weighted by Gasteiger charge is -2.28. The normalized spacial score (nSPS) is 18.1. The van der Waals surface area contributed by atoms with Gasteiger partial charge in [0.1, 0.15) is 12.1 Å². The number of pyridine rings is 1. The van der Waals surface area contributed by atoms with Gasteiger partial charge in [-0.15, -0.1) is 10.2 Å². The van der Waals surface area contributed by atoms with Crippen LogP contribution in [0.15, 0.2) is 24.7 Å². The number of fused-ring (bicyclic) bond motifs is 1. The predicted molar refractivity (Wildman–Crippen MR) is 75.2 cm³/mol. The van der Waals surface area contributed by atoms with Gasteiger partial charge in [-0.05, 0) is 30.5 Å². The molecule has 4 rings (SSSR count). The van der Waals surface area contributed by atoms with E-state index in [2.05, 4.69) is 42.1 Å². The summed E-state index contributed by atoms with van der Waals surface area (Å²) in [6.45, 7) is 3.60. The highest BCUT2D eigenvalue weighted by molar-refractivity contribution is 5.41. The van der Waals surface area contributed by atoms with E-state index in [9.17, 15) is 0 Å². The van der Waals surface area contributed by atoms with Crippen molar-refractivity contribution in [3.05, 3.63) is 36.0 Å². The van der Waals surface area contributed by atoms with E-state index in [-0.39, 0.29) is 0 Å². The van der Waals surface area contributed by atoms with Gasteiger partial charge in [-0.2, -0.15) is 0 Å². The summed E-state index contributed by atoms with van der Waals surface area (Å²) in [6, 6.07) is 5.01. The van der Waals surface area contributed by atoms with Crippen LogP contribution >= 0.6 is 0 Å². The van der Waals surface area contributed by atoms with Crippen LogP contribution in [-0.4, -0.2) is 32.3 Å². The summed E-state index contributed by atoms with van der Waals surface area (Å²) in [6.07, 6.45) is 6.34. The molecule has 3 heterocycles. The van der Waals surface area contributed by atoms with Gasteiger partial charge in [0.05, 0.1) is 6.54 Å². The number of hydrogen-bond donors (Lipinski definition) is 1. The van der Waals surface area contributed by atoms with Crippen molar-refractivity contribution in [2.45, 2.75) is 38.5 Å². The van der Waals surface area contributed by atoms with Crippen molar-refractivity contribution in [1.29, 1.82) is 0 Å². The second-order valence-corrected chi connectivity index (χ2v) is 5.54. The molecule has 0 unspecified atom stereocenters. The molecular weight excluding hydrogens is 252 g/mol. The molecule has 2 aromatic heterocycles. The minimum absolute atomic E-state index is 0.736. The molecule has 0 amide bonds. The maximum Gasteiger partial charge on any atom is 0.152 e. The molecule has 6 nitrogen and oxygen atoms in total. The maximum atomic E-state index is 4.50. The van der Waals surface area contributed by atoms with E-state index in [1.807, 2.05) is 6.20 Å². The first-order valence-corrected chi connectivity index (χ1v) is 7.18. The summed E-state index contributed by atoms with van der Waals surface area (Å²) in [5, 5.41) is 11.7. The zero-order valence-corrected chi connectivity index (χ0v) is 11.4. The molecule has 0 bridgehead atoms. The Balaban J connectivity index is 1.49. The molecule has 20 heavy (non-hydrogen) atoms. The van der Waals surface area contributed by atoms with Crippen molar-refractivity contribution < 1.29 is 0 Å². The molecule has 6 heteroatoms. The highest BCUT2D eigenvalue weighted by Gasteiger charge is 2.21. The summed E-state index contributed by atoms with van der Waals surface area (Å²) < 4.78 is 2.11. The lowest BCUT2D eigenvalue weighted by atomic mass is 10.2. The summed E-state index contributed by atoms with van der Waals surface area (Å²) in [7, 11) is 0. The Labute approximate surface area is 117 Å². The van der Waals surface area contributed by atoms with E-state index in [0.717, 1.165) is 43.9 Å². The molecule has 0 aromatic carbocycles. The van der Waals surface area contributed by atoms with Crippen molar-refractivity contribution in [1.82, 2.24) is 25.1 Å². The largest absolute Gasteiger partial charge is 0.347 e. The van der Waals surface area contributed by atoms with Crippen molar-refractivity contribution in [3.63, 3.8) is 0 Å². The first-order chi connectivity index (χ1) is 9.88. The van der Waals surface area contributed by atoms with Crippen LogP contribution in [0.3, 0.4) is 0 Å². The molecule has 0 radical (unpaired) electrons. The molecule has 0 atom stereocenters. The van der Waals surface area contributed by atoms with Crippen molar-refractivity contribution in [3.8, 4) is 0 Å². The molecule has 1 N–H and O–H groups in total. The second kappa shape index (κ2) is 4.86. The monoisotopic (exact) mass is 270 g/mol. The van der Waals surface area contributed by atoms with Crippen LogP contribution in [0.2, 0.25) is 0 Å². The van der Waals surface area contributed by atoms with Gasteiger partial charge in [-0.25, -0.2) is 4.98 Å². The van der Waals surface area contributed by atoms with Crippen molar-refractivity contribution in [2.75, 3.05) is 11.4 Å². The molecule has 1 fully saturated rings. The van der Waals surface area contributed by atoms with Gasteiger partial charge in [-0.1, -0.05) is 0 Å². The Morgan fingerprint density at radius 3 is 3.15 bits per heavy atom. The molecule has 1 saturated carbocycles. The number of rotatable bonds is 4. The number of nitrogens with one attached hydrogen (secondary N) is 1. The van der Waals surface area contributed by atoms with Crippen LogP contribution in [0.5, 0.6) is 0 Å². The zero-order valence-electron chi connectivity index (χ0n) is 11.4. The van der Waals surface area contributed by atoms with E-state index in [1.54, 1.807) is 6.33 Å². The first kappa shape index (κ1) is 11.8. The van der Waals surface area contributed by atoms with Gasteiger partial charge in [0.25, 0.3) is 0 Å². The maximum absolute atomic E-state index is 4.50. The topological polar surface area (TPSA) is 58.9 Å². The fourth-order valence-corrected chi connectivity index (χ4v) is 2.56. The lowest BCUT2D eigenvalue weighted by molar-refractivity contribution is 0.556. The number of hydrogen-bond acceptors (Lipinski definition) is 5. The van der Waals surface area contributed by atoms with Crippen LogP contribution in [0, 0.1) is 0 Å². The molecule has 2 aliphatic rings. The first-order valence-electron chi connectivity index (χ1n) is 7.18. The minimum Gasteiger partial charge on any atom is -0.347 e. The Morgan fingerprint density at radius 1 is 1.30 bits per heavy atom. The molecular formula is C14H18N6. The fourth-order valence-electron chi connectivity index (χ4n) is 2.56. The molecule has 1 aliphatic heterocycles. The average Bonchev–Trinajstić information content (AvgIpc) is 3.20. The molecule has 0 spiro atoms. The lowest BCUT2D eigenvalue weighted by Crippen LogP contribution is -2.34. The van der Waals surface area contributed by atoms with E-state index in [0.29, 0.717) is 0 Å². The second-order valence-electron chi connectivity index (χ2n) is 5.54. The number of nitrogens with zero attached hydrogens (tertiary/aromatic N) is 5. The van der Waals surface area contributed by atoms with E-state index in [4.69, 9.17) is 0 Å². The highest BCUT2D eigenvalue weighted by Crippen LogP contribution is 2.21. The van der Waals surface area contributed by atoms with E-state index >= 15 is 0 Å². The number of anilines is 1. The summed E-state index contributed by atoms with van der Waals surface area (Å²) in [5.41, 5.74) is 1.30. The third-order valence-electron chi connectivity index (χ3n) is 3.94. The molecule has 0 saturated heterocycles. The van der Waals surface area contributed by atoms with Gasteiger partial charge in [0, 0.05) is 31.9 Å². The quantitative estimate of drug-likeness (QED) is 0.896. The average molecular weight is 270 g/mol. The van der Waals surface area contributed by atoms with Gasteiger partial charge < -0.3 is 14.8 Å². The summed E-state index contributed by atoms with van der Waals surface area (Å²) >= 11 is 0. The minimum atomic E-state index is 0.736. The summed E-state index contributed by atoms with van der Waals surface area (Å²) in [4.78, 5) is 6.77. The van der Waals surface area contributed by atoms with Crippen LogP contribution in [0.25, 0.3) is 0 Å². The fraction of sp³-hybridized carbons (Fsp3) is 0.500. The van der Waals surface area contributed by atoms with Crippen LogP contribution < -0.4 is 10.2 Å². The van der Waals surface area contributed by atoms with Gasteiger partial charge >= 0.3 is 0 Å².